The topological polar surface area (TPSA) is 93.7 Å². The summed E-state index contributed by atoms with van der Waals surface area (Å²) in [7, 11) is 0. The molecule has 0 amide bonds. The number of hydrogen-bond donors (Lipinski definition) is 3. The molecule has 3 rings (SSSR count). The van der Waals surface area contributed by atoms with Crippen molar-refractivity contribution in [2.45, 2.75) is 51.4 Å². The second-order valence-electron chi connectivity index (χ2n) is 6.92. The minimum Gasteiger partial charge on any atom is -0.370 e. The van der Waals surface area contributed by atoms with Crippen LogP contribution in [0, 0.1) is 0 Å². The molecular weight excluding hydrogens is 347 g/mol. The molecule has 0 aromatic carbocycles. The molecule has 142 valence electrons. The lowest BCUT2D eigenvalue weighted by Gasteiger charge is -2.14. The van der Waals surface area contributed by atoms with Crippen LogP contribution in [-0.4, -0.2) is 26.3 Å². The molecule has 2 aromatic heterocycles. The molecule has 2 heterocycles. The summed E-state index contributed by atoms with van der Waals surface area (Å²) >= 11 is 0. The first-order chi connectivity index (χ1) is 12.1. The highest BCUT2D eigenvalue weighted by Crippen LogP contribution is 2.39. The van der Waals surface area contributed by atoms with Gasteiger partial charge in [-0.15, -0.1) is 0 Å². The Hall–Kier alpha value is -2.36. The molecule has 0 unspecified atom stereocenters. The first-order valence-electron chi connectivity index (χ1n) is 8.43. The molecule has 2 aromatic rings. The monoisotopic (exact) mass is 369 g/mol. The highest BCUT2D eigenvalue weighted by Gasteiger charge is 2.35. The standard InChI is InChI=1S/C16H22F3N7/c1-4-21-13-10(16(17,18)19)8-22-14(24-13)23-12-7-11(15(2,3)20)25-26(12)9-5-6-9/h7-9H,4-6,20H2,1-3H3,(H2,21,22,23,24). The maximum absolute atomic E-state index is 13.1. The summed E-state index contributed by atoms with van der Waals surface area (Å²) in [4.78, 5) is 7.81. The Labute approximate surface area is 149 Å². The van der Waals surface area contributed by atoms with E-state index in [-0.39, 0.29) is 17.8 Å². The number of alkyl halides is 3. The number of nitrogens with zero attached hydrogens (tertiary/aromatic N) is 4. The van der Waals surface area contributed by atoms with Gasteiger partial charge in [-0.05, 0) is 33.6 Å². The lowest BCUT2D eigenvalue weighted by Crippen LogP contribution is -2.29. The minimum atomic E-state index is -4.53. The Morgan fingerprint density at radius 3 is 2.54 bits per heavy atom. The Morgan fingerprint density at radius 2 is 2.00 bits per heavy atom. The van der Waals surface area contributed by atoms with Crippen LogP contribution in [0.5, 0.6) is 0 Å². The predicted molar refractivity (Wildman–Crippen MR) is 92.2 cm³/mol. The van der Waals surface area contributed by atoms with E-state index in [0.717, 1.165) is 19.0 Å². The third kappa shape index (κ3) is 3.90. The van der Waals surface area contributed by atoms with Crippen molar-refractivity contribution in [1.29, 1.82) is 0 Å². The molecule has 1 aliphatic rings. The van der Waals surface area contributed by atoms with E-state index in [0.29, 0.717) is 18.1 Å². The molecule has 0 atom stereocenters. The Kier molecular flexibility index (Phi) is 4.55. The number of anilines is 3. The van der Waals surface area contributed by atoms with Gasteiger partial charge in [0.25, 0.3) is 0 Å². The first-order valence-corrected chi connectivity index (χ1v) is 8.43. The molecule has 0 spiro atoms. The summed E-state index contributed by atoms with van der Waals surface area (Å²) in [5.74, 6) is 0.426. The Balaban J connectivity index is 1.94. The fourth-order valence-corrected chi connectivity index (χ4v) is 2.47. The molecule has 4 N–H and O–H groups in total. The van der Waals surface area contributed by atoms with E-state index < -0.39 is 17.3 Å². The van der Waals surface area contributed by atoms with Crippen LogP contribution in [0.2, 0.25) is 0 Å². The molecule has 1 fully saturated rings. The highest BCUT2D eigenvalue weighted by atomic mass is 19.4. The number of aromatic nitrogens is 4. The summed E-state index contributed by atoms with van der Waals surface area (Å²) in [6.45, 7) is 5.70. The third-order valence-corrected chi connectivity index (χ3v) is 3.97. The van der Waals surface area contributed by atoms with Crippen molar-refractivity contribution in [1.82, 2.24) is 19.7 Å². The van der Waals surface area contributed by atoms with Crippen molar-refractivity contribution in [3.63, 3.8) is 0 Å². The van der Waals surface area contributed by atoms with Gasteiger partial charge in [-0.3, -0.25) is 0 Å². The Morgan fingerprint density at radius 1 is 1.31 bits per heavy atom. The Bertz CT molecular complexity index is 788. The van der Waals surface area contributed by atoms with Crippen LogP contribution < -0.4 is 16.4 Å². The number of rotatable bonds is 6. The molecule has 0 saturated heterocycles. The van der Waals surface area contributed by atoms with Gasteiger partial charge in [-0.2, -0.15) is 23.3 Å². The van der Waals surface area contributed by atoms with Crippen LogP contribution in [0.4, 0.5) is 30.8 Å². The van der Waals surface area contributed by atoms with Crippen molar-refractivity contribution < 1.29 is 13.2 Å². The number of nitrogens with two attached hydrogens (primary N) is 1. The highest BCUT2D eigenvalue weighted by molar-refractivity contribution is 5.55. The van der Waals surface area contributed by atoms with Crippen LogP contribution >= 0.6 is 0 Å². The van der Waals surface area contributed by atoms with Gasteiger partial charge in [0.1, 0.15) is 17.2 Å². The zero-order valence-corrected chi connectivity index (χ0v) is 14.9. The minimum absolute atomic E-state index is 0.0668. The summed E-state index contributed by atoms with van der Waals surface area (Å²) in [6.07, 6.45) is -1.75. The van der Waals surface area contributed by atoms with Gasteiger partial charge in [0.2, 0.25) is 5.95 Å². The fraction of sp³-hybridized carbons (Fsp3) is 0.562. The van der Waals surface area contributed by atoms with E-state index in [1.54, 1.807) is 17.7 Å². The van der Waals surface area contributed by atoms with E-state index in [1.807, 2.05) is 13.8 Å². The van der Waals surface area contributed by atoms with Gasteiger partial charge < -0.3 is 16.4 Å². The first kappa shape index (κ1) is 18.4. The van der Waals surface area contributed by atoms with Gasteiger partial charge in [0, 0.05) is 18.8 Å². The summed E-state index contributed by atoms with van der Waals surface area (Å²) in [5.41, 5.74) is 5.27. The molecular formula is C16H22F3N7. The van der Waals surface area contributed by atoms with Crippen LogP contribution in [0.1, 0.15) is 50.9 Å². The third-order valence-electron chi connectivity index (χ3n) is 3.97. The SMILES string of the molecule is CCNc1nc(Nc2cc(C(C)(C)N)nn2C2CC2)ncc1C(F)(F)F. The van der Waals surface area contributed by atoms with Crippen LogP contribution in [0.3, 0.4) is 0 Å². The number of hydrogen-bond acceptors (Lipinski definition) is 6. The largest absolute Gasteiger partial charge is 0.421 e. The lowest BCUT2D eigenvalue weighted by molar-refractivity contribution is -0.137. The average molecular weight is 369 g/mol. The van der Waals surface area contributed by atoms with Crippen molar-refractivity contribution in [3.8, 4) is 0 Å². The number of halogens is 3. The van der Waals surface area contributed by atoms with Crippen LogP contribution in [0.25, 0.3) is 0 Å². The normalized spacial score (nSPS) is 15.2. The van der Waals surface area contributed by atoms with Crippen LogP contribution in [0.15, 0.2) is 12.3 Å². The van der Waals surface area contributed by atoms with Gasteiger partial charge >= 0.3 is 6.18 Å². The molecule has 7 nitrogen and oxygen atoms in total. The van der Waals surface area contributed by atoms with Gasteiger partial charge in [0.15, 0.2) is 0 Å². The molecule has 0 bridgehead atoms. The second kappa shape index (κ2) is 6.42. The van der Waals surface area contributed by atoms with E-state index in [2.05, 4.69) is 25.7 Å². The summed E-state index contributed by atoms with van der Waals surface area (Å²) in [5, 5.41) is 10.1. The summed E-state index contributed by atoms with van der Waals surface area (Å²) in [6, 6.07) is 2.04. The van der Waals surface area contributed by atoms with Crippen molar-refractivity contribution in [2.75, 3.05) is 17.2 Å². The fourth-order valence-electron chi connectivity index (χ4n) is 2.47. The molecule has 1 saturated carbocycles. The maximum Gasteiger partial charge on any atom is 0.421 e. The van der Waals surface area contributed by atoms with E-state index in [9.17, 15) is 13.2 Å². The summed E-state index contributed by atoms with van der Waals surface area (Å²) < 4.78 is 41.0. The van der Waals surface area contributed by atoms with Gasteiger partial charge in [-0.1, -0.05) is 0 Å². The van der Waals surface area contributed by atoms with E-state index in [1.165, 1.54) is 0 Å². The van der Waals surface area contributed by atoms with Crippen molar-refractivity contribution in [3.05, 3.63) is 23.5 Å². The molecule has 0 radical (unpaired) electrons. The maximum atomic E-state index is 13.1. The van der Waals surface area contributed by atoms with Gasteiger partial charge in [-0.25, -0.2) is 9.67 Å². The quantitative estimate of drug-likeness (QED) is 0.723. The van der Waals surface area contributed by atoms with Gasteiger partial charge in [0.05, 0.1) is 17.3 Å². The number of nitrogens with one attached hydrogen (secondary N) is 2. The van der Waals surface area contributed by atoms with E-state index in [4.69, 9.17) is 5.73 Å². The smallest absolute Gasteiger partial charge is 0.370 e. The molecule has 0 aliphatic heterocycles. The zero-order valence-electron chi connectivity index (χ0n) is 14.9. The zero-order chi connectivity index (χ0) is 19.1. The average Bonchev–Trinajstić information content (AvgIpc) is 3.26. The second-order valence-corrected chi connectivity index (χ2v) is 6.92. The predicted octanol–water partition coefficient (Wildman–Crippen LogP) is 3.40. The lowest BCUT2D eigenvalue weighted by atomic mass is 10.0. The molecule has 1 aliphatic carbocycles. The molecule has 10 heteroatoms. The van der Waals surface area contributed by atoms with Crippen LogP contribution in [-0.2, 0) is 11.7 Å². The molecule has 26 heavy (non-hydrogen) atoms. The van der Waals surface area contributed by atoms with Crippen molar-refractivity contribution >= 4 is 17.6 Å². The van der Waals surface area contributed by atoms with E-state index >= 15 is 0 Å². The van der Waals surface area contributed by atoms with Crippen molar-refractivity contribution in [2.24, 2.45) is 5.73 Å².